The molecule has 0 unspecified atom stereocenters. The predicted octanol–water partition coefficient (Wildman–Crippen LogP) is 2.90. The SMILES string of the molecule is COc1ccc(C(=O)Nc2cc(Cl)ccn2)cc1[N+](=O)[O-]. The van der Waals surface area contributed by atoms with E-state index in [1.807, 2.05) is 0 Å². The molecule has 21 heavy (non-hydrogen) atoms. The van der Waals surface area contributed by atoms with Crippen molar-refractivity contribution in [3.63, 3.8) is 0 Å². The summed E-state index contributed by atoms with van der Waals surface area (Å²) in [4.78, 5) is 26.3. The Kier molecular flexibility index (Phi) is 4.34. The number of halogens is 1. The number of pyridine rings is 1. The Bertz CT molecular complexity index is 706. The van der Waals surface area contributed by atoms with Gasteiger partial charge in [-0.25, -0.2) is 4.98 Å². The van der Waals surface area contributed by atoms with Gasteiger partial charge in [0.15, 0.2) is 5.75 Å². The number of nitro benzene ring substituents is 1. The molecule has 108 valence electrons. The maximum absolute atomic E-state index is 12.0. The lowest BCUT2D eigenvalue weighted by molar-refractivity contribution is -0.385. The van der Waals surface area contributed by atoms with Crippen LogP contribution in [0.25, 0.3) is 0 Å². The zero-order chi connectivity index (χ0) is 15.4. The first kappa shape index (κ1) is 14.7. The Morgan fingerprint density at radius 3 is 2.76 bits per heavy atom. The van der Waals surface area contributed by atoms with Crippen LogP contribution in [0.15, 0.2) is 36.5 Å². The number of anilines is 1. The van der Waals surface area contributed by atoms with Crippen molar-refractivity contribution in [3.05, 3.63) is 57.2 Å². The number of nitro groups is 1. The molecular formula is C13H10ClN3O4. The Hall–Kier alpha value is -2.67. The van der Waals surface area contributed by atoms with E-state index in [1.165, 1.54) is 31.5 Å². The van der Waals surface area contributed by atoms with Gasteiger partial charge in [-0.05, 0) is 24.3 Å². The van der Waals surface area contributed by atoms with E-state index in [0.29, 0.717) is 5.02 Å². The van der Waals surface area contributed by atoms with Crippen molar-refractivity contribution in [2.45, 2.75) is 0 Å². The van der Waals surface area contributed by atoms with Crippen molar-refractivity contribution in [1.29, 1.82) is 0 Å². The Morgan fingerprint density at radius 1 is 1.38 bits per heavy atom. The number of methoxy groups -OCH3 is 1. The van der Waals surface area contributed by atoms with E-state index in [4.69, 9.17) is 16.3 Å². The number of hydrogen-bond donors (Lipinski definition) is 1. The fraction of sp³-hybridized carbons (Fsp3) is 0.0769. The number of rotatable bonds is 4. The van der Waals surface area contributed by atoms with Gasteiger partial charge in [0.2, 0.25) is 0 Å². The predicted molar refractivity (Wildman–Crippen MR) is 76.8 cm³/mol. The molecule has 0 fully saturated rings. The first-order valence-corrected chi connectivity index (χ1v) is 6.14. The fourth-order valence-electron chi connectivity index (χ4n) is 1.64. The molecule has 0 aliphatic carbocycles. The topological polar surface area (TPSA) is 94.4 Å². The molecule has 1 N–H and O–H groups in total. The maximum Gasteiger partial charge on any atom is 0.311 e. The van der Waals surface area contributed by atoms with E-state index in [1.54, 1.807) is 6.07 Å². The highest BCUT2D eigenvalue weighted by atomic mass is 35.5. The van der Waals surface area contributed by atoms with Gasteiger partial charge in [-0.15, -0.1) is 0 Å². The molecule has 7 nitrogen and oxygen atoms in total. The molecule has 1 amide bonds. The van der Waals surface area contributed by atoms with Crippen molar-refractivity contribution >= 4 is 29.0 Å². The molecule has 0 atom stereocenters. The third-order valence-corrected chi connectivity index (χ3v) is 2.84. The number of nitrogens with one attached hydrogen (secondary N) is 1. The smallest absolute Gasteiger partial charge is 0.311 e. The summed E-state index contributed by atoms with van der Waals surface area (Å²) < 4.78 is 4.87. The maximum atomic E-state index is 12.0. The average molecular weight is 308 g/mol. The summed E-state index contributed by atoms with van der Waals surface area (Å²) in [6.07, 6.45) is 1.44. The van der Waals surface area contributed by atoms with Gasteiger partial charge in [0.1, 0.15) is 5.82 Å². The molecule has 2 aromatic rings. The quantitative estimate of drug-likeness (QED) is 0.692. The number of amides is 1. The van der Waals surface area contributed by atoms with E-state index in [2.05, 4.69) is 10.3 Å². The average Bonchev–Trinajstić information content (AvgIpc) is 2.46. The van der Waals surface area contributed by atoms with Crippen LogP contribution in [-0.4, -0.2) is 22.9 Å². The minimum absolute atomic E-state index is 0.0810. The van der Waals surface area contributed by atoms with Crippen LogP contribution in [0.4, 0.5) is 11.5 Å². The number of nitrogens with zero attached hydrogens (tertiary/aromatic N) is 2. The molecule has 0 aliphatic heterocycles. The lowest BCUT2D eigenvalue weighted by Crippen LogP contribution is -2.13. The number of carbonyl (C=O) groups is 1. The van der Waals surface area contributed by atoms with Gasteiger partial charge < -0.3 is 10.1 Å². The molecule has 1 aromatic carbocycles. The van der Waals surface area contributed by atoms with E-state index in [9.17, 15) is 14.9 Å². The Labute approximate surface area is 124 Å². The molecule has 0 spiro atoms. The van der Waals surface area contributed by atoms with Gasteiger partial charge in [0, 0.05) is 22.8 Å². The molecule has 1 aromatic heterocycles. The zero-order valence-corrected chi connectivity index (χ0v) is 11.6. The molecule has 0 radical (unpaired) electrons. The van der Waals surface area contributed by atoms with Gasteiger partial charge in [0.05, 0.1) is 12.0 Å². The molecule has 0 saturated carbocycles. The van der Waals surface area contributed by atoms with E-state index < -0.39 is 10.8 Å². The van der Waals surface area contributed by atoms with Crippen LogP contribution in [0.3, 0.4) is 0 Å². The number of hydrogen-bond acceptors (Lipinski definition) is 5. The number of ether oxygens (including phenoxy) is 1. The highest BCUT2D eigenvalue weighted by Gasteiger charge is 2.18. The van der Waals surface area contributed by atoms with Crippen LogP contribution in [0.1, 0.15) is 10.4 Å². The third kappa shape index (κ3) is 3.46. The number of benzene rings is 1. The van der Waals surface area contributed by atoms with Crippen molar-refractivity contribution in [2.24, 2.45) is 0 Å². The van der Waals surface area contributed by atoms with E-state index in [-0.39, 0.29) is 22.8 Å². The highest BCUT2D eigenvalue weighted by molar-refractivity contribution is 6.30. The largest absolute Gasteiger partial charge is 0.490 e. The first-order valence-electron chi connectivity index (χ1n) is 5.76. The monoisotopic (exact) mass is 307 g/mol. The van der Waals surface area contributed by atoms with Crippen molar-refractivity contribution in [2.75, 3.05) is 12.4 Å². The second-order valence-electron chi connectivity index (χ2n) is 3.96. The van der Waals surface area contributed by atoms with E-state index in [0.717, 1.165) is 6.07 Å². The second-order valence-corrected chi connectivity index (χ2v) is 4.39. The normalized spacial score (nSPS) is 10.0. The van der Waals surface area contributed by atoms with Gasteiger partial charge in [-0.1, -0.05) is 11.6 Å². The lowest BCUT2D eigenvalue weighted by atomic mass is 10.1. The first-order chi connectivity index (χ1) is 10.0. The van der Waals surface area contributed by atoms with Crippen LogP contribution in [-0.2, 0) is 0 Å². The van der Waals surface area contributed by atoms with Gasteiger partial charge in [-0.3, -0.25) is 14.9 Å². The summed E-state index contributed by atoms with van der Waals surface area (Å²) in [5, 5.41) is 13.8. The van der Waals surface area contributed by atoms with Crippen molar-refractivity contribution in [3.8, 4) is 5.75 Å². The van der Waals surface area contributed by atoms with Crippen LogP contribution in [0, 0.1) is 10.1 Å². The van der Waals surface area contributed by atoms with Gasteiger partial charge in [0.25, 0.3) is 5.91 Å². The van der Waals surface area contributed by atoms with Gasteiger partial charge in [-0.2, -0.15) is 0 Å². The summed E-state index contributed by atoms with van der Waals surface area (Å²) >= 11 is 5.78. The molecular weight excluding hydrogens is 298 g/mol. The second kappa shape index (κ2) is 6.19. The molecule has 0 bridgehead atoms. The zero-order valence-electron chi connectivity index (χ0n) is 10.9. The minimum atomic E-state index is -0.618. The lowest BCUT2D eigenvalue weighted by Gasteiger charge is -2.06. The summed E-state index contributed by atoms with van der Waals surface area (Å²) in [5.74, 6) is -0.195. The van der Waals surface area contributed by atoms with E-state index >= 15 is 0 Å². The summed E-state index contributed by atoms with van der Waals surface area (Å²) in [7, 11) is 1.32. The van der Waals surface area contributed by atoms with Crippen LogP contribution in [0.2, 0.25) is 5.02 Å². The third-order valence-electron chi connectivity index (χ3n) is 2.60. The Morgan fingerprint density at radius 2 is 2.14 bits per heavy atom. The molecule has 1 heterocycles. The van der Waals surface area contributed by atoms with Crippen LogP contribution < -0.4 is 10.1 Å². The molecule has 0 aliphatic rings. The van der Waals surface area contributed by atoms with Gasteiger partial charge >= 0.3 is 5.69 Å². The summed E-state index contributed by atoms with van der Waals surface area (Å²) in [5.41, 5.74) is -0.173. The summed E-state index contributed by atoms with van der Waals surface area (Å²) in [6.45, 7) is 0. The van der Waals surface area contributed by atoms with Crippen molar-refractivity contribution < 1.29 is 14.5 Å². The summed E-state index contributed by atoms with van der Waals surface area (Å²) in [6, 6.07) is 6.95. The fourth-order valence-corrected chi connectivity index (χ4v) is 1.80. The standard InChI is InChI=1S/C13H10ClN3O4/c1-21-11-3-2-8(6-10(11)17(19)20)13(18)16-12-7-9(14)4-5-15-12/h2-7H,1H3,(H,15,16,18). The van der Waals surface area contributed by atoms with Crippen LogP contribution in [0.5, 0.6) is 5.75 Å². The van der Waals surface area contributed by atoms with Crippen molar-refractivity contribution in [1.82, 2.24) is 4.98 Å². The minimum Gasteiger partial charge on any atom is -0.490 e. The molecule has 0 saturated heterocycles. The number of carbonyl (C=O) groups excluding carboxylic acids is 1. The number of aromatic nitrogens is 1. The molecule has 2 rings (SSSR count). The Balaban J connectivity index is 2.27. The molecule has 8 heteroatoms. The highest BCUT2D eigenvalue weighted by Crippen LogP contribution is 2.27. The van der Waals surface area contributed by atoms with Crippen LogP contribution >= 0.6 is 11.6 Å².